The molecule has 4 aromatic carbocycles. The molecule has 298 valence electrons. The molecule has 2 atom stereocenters. The second-order valence-corrected chi connectivity index (χ2v) is 14.4. The Morgan fingerprint density at radius 2 is 1.26 bits per heavy atom. The van der Waals surface area contributed by atoms with Gasteiger partial charge in [-0.05, 0) is 61.7 Å². The van der Waals surface area contributed by atoms with Crippen LogP contribution in [0.1, 0.15) is 60.9 Å². The summed E-state index contributed by atoms with van der Waals surface area (Å²) in [6.07, 6.45) is 7.37. The predicted molar refractivity (Wildman–Crippen MR) is 217 cm³/mol. The van der Waals surface area contributed by atoms with E-state index in [0.717, 1.165) is 75.9 Å². The Kier molecular flexibility index (Phi) is 11.2. The van der Waals surface area contributed by atoms with Gasteiger partial charge in [-0.2, -0.15) is 13.2 Å². The van der Waals surface area contributed by atoms with Crippen LogP contribution in [-0.2, 0) is 6.18 Å². The number of hydrogen-bond donors (Lipinski definition) is 4. The van der Waals surface area contributed by atoms with Crippen molar-refractivity contribution in [1.29, 1.82) is 0 Å². The summed E-state index contributed by atoms with van der Waals surface area (Å²) in [6, 6.07) is 23.4. The number of halogens is 3. The van der Waals surface area contributed by atoms with Crippen molar-refractivity contribution in [3.8, 4) is 11.5 Å². The first-order chi connectivity index (χ1) is 28.2. The maximum absolute atomic E-state index is 12.9. The highest BCUT2D eigenvalue weighted by molar-refractivity contribution is 6.02. The summed E-state index contributed by atoms with van der Waals surface area (Å²) < 4.78 is 50.1. The lowest BCUT2D eigenvalue weighted by Crippen LogP contribution is -2.36. The number of aromatic nitrogens is 2. The predicted octanol–water partition coefficient (Wildman–Crippen LogP) is 9.77. The zero-order chi connectivity index (χ0) is 40.1. The van der Waals surface area contributed by atoms with E-state index in [1.807, 2.05) is 36.4 Å². The average molecular weight is 790 g/mol. The number of amides is 4. The fourth-order valence-electron chi connectivity index (χ4n) is 7.75. The molecule has 11 nitrogen and oxygen atoms in total. The lowest BCUT2D eigenvalue weighted by molar-refractivity contribution is -0.137. The third-order valence-electron chi connectivity index (χ3n) is 10.6. The number of alkyl halides is 3. The Morgan fingerprint density at radius 1 is 0.672 bits per heavy atom. The number of pyridine rings is 2. The number of benzene rings is 4. The number of carbonyl (C=O) groups excluding carboxylic acids is 2. The molecule has 0 bridgehead atoms. The molecule has 6 aromatic rings. The first-order valence-corrected chi connectivity index (χ1v) is 19.4. The van der Waals surface area contributed by atoms with E-state index >= 15 is 0 Å². The molecule has 1 saturated heterocycles. The fraction of sp³-hybridized carbons (Fsp3) is 0.273. The number of anilines is 3. The molecule has 2 aromatic heterocycles. The van der Waals surface area contributed by atoms with Crippen LogP contribution in [-0.4, -0.2) is 48.3 Å². The first-order valence-electron chi connectivity index (χ1n) is 19.4. The van der Waals surface area contributed by atoms with Gasteiger partial charge in [-0.25, -0.2) is 9.59 Å². The third-order valence-corrected chi connectivity index (χ3v) is 10.6. The summed E-state index contributed by atoms with van der Waals surface area (Å²) in [5, 5.41) is 15.5. The van der Waals surface area contributed by atoms with E-state index in [1.165, 1.54) is 25.3 Å². The largest absolute Gasteiger partial charge is 0.493 e. The number of ether oxygens (including phenoxy) is 2. The topological polar surface area (TPSA) is 130 Å². The maximum Gasteiger partial charge on any atom is 0.416 e. The minimum absolute atomic E-state index is 0.0740. The Labute approximate surface area is 333 Å². The van der Waals surface area contributed by atoms with Crippen LogP contribution in [0.4, 0.5) is 39.8 Å². The number of rotatable bonds is 5. The zero-order valence-corrected chi connectivity index (χ0v) is 31.5. The number of nitrogens with zero attached hydrogens (tertiary/aromatic N) is 3. The average Bonchev–Trinajstić information content (AvgIpc) is 3.24. The van der Waals surface area contributed by atoms with Crippen molar-refractivity contribution in [2.75, 3.05) is 41.8 Å². The molecule has 2 unspecified atom stereocenters. The molecule has 0 saturated carbocycles. The standard InChI is InChI=1S/C24H26N4O2.C20H16F3N3O2/c29-24(26-20-8-4-6-17-16-25-12-10-18(17)20)27-21-11-15-30-23-19(21)7-5-9-22(23)28-13-2-1-3-14-28;21-20(22,23)13-4-5-15-17(7-9-28-18(15)10-13)26-19(27)25-16-3-1-2-12-11-24-8-6-14(12)16/h4-10,12,16,21H,1-3,11,13-15H2,(H2,26,27,29);1-6,8,10-11,17H,7,9H2,(H2,25,26,27). The van der Waals surface area contributed by atoms with Gasteiger partial charge in [0.2, 0.25) is 0 Å². The summed E-state index contributed by atoms with van der Waals surface area (Å²) in [6.45, 7) is 2.95. The van der Waals surface area contributed by atoms with Gasteiger partial charge >= 0.3 is 18.2 Å². The van der Waals surface area contributed by atoms with E-state index < -0.39 is 23.8 Å². The smallest absolute Gasteiger partial charge is 0.416 e. The van der Waals surface area contributed by atoms with Crippen molar-refractivity contribution in [3.63, 3.8) is 0 Å². The van der Waals surface area contributed by atoms with Crippen molar-refractivity contribution in [1.82, 2.24) is 20.6 Å². The Morgan fingerprint density at radius 3 is 1.88 bits per heavy atom. The quantitative estimate of drug-likeness (QED) is 0.137. The van der Waals surface area contributed by atoms with Crippen molar-refractivity contribution in [2.45, 2.75) is 50.4 Å². The van der Waals surface area contributed by atoms with Gasteiger partial charge in [0.25, 0.3) is 0 Å². The highest BCUT2D eigenvalue weighted by Gasteiger charge is 2.33. The highest BCUT2D eigenvalue weighted by Crippen LogP contribution is 2.41. The Hall–Kier alpha value is -6.57. The van der Waals surface area contributed by atoms with Gasteiger partial charge < -0.3 is 35.6 Å². The van der Waals surface area contributed by atoms with Crippen LogP contribution in [0, 0.1) is 0 Å². The van der Waals surface area contributed by atoms with E-state index in [0.29, 0.717) is 24.3 Å². The Bertz CT molecular complexity index is 2430. The molecule has 9 rings (SSSR count). The molecular weight excluding hydrogens is 748 g/mol. The molecule has 3 aliphatic heterocycles. The number of urea groups is 2. The van der Waals surface area contributed by atoms with E-state index in [9.17, 15) is 22.8 Å². The number of fused-ring (bicyclic) bond motifs is 4. The fourth-order valence-corrected chi connectivity index (χ4v) is 7.75. The zero-order valence-electron chi connectivity index (χ0n) is 31.5. The number of piperidine rings is 1. The van der Waals surface area contributed by atoms with Crippen LogP contribution in [0.15, 0.2) is 110 Å². The minimum Gasteiger partial charge on any atom is -0.493 e. The third kappa shape index (κ3) is 8.55. The summed E-state index contributed by atoms with van der Waals surface area (Å²) >= 11 is 0. The summed E-state index contributed by atoms with van der Waals surface area (Å²) in [7, 11) is 0. The van der Waals surface area contributed by atoms with Crippen LogP contribution in [0.5, 0.6) is 11.5 Å². The summed E-state index contributed by atoms with van der Waals surface area (Å²) in [5.74, 6) is 1.06. The van der Waals surface area contributed by atoms with E-state index in [4.69, 9.17) is 9.47 Å². The number of carbonyl (C=O) groups is 2. The van der Waals surface area contributed by atoms with Gasteiger partial charge in [-0.15, -0.1) is 0 Å². The van der Waals surface area contributed by atoms with Crippen molar-refractivity contribution in [3.05, 3.63) is 126 Å². The molecule has 5 heterocycles. The second-order valence-electron chi connectivity index (χ2n) is 14.4. The number of para-hydroxylation sites is 1. The van der Waals surface area contributed by atoms with Crippen molar-refractivity contribution < 1.29 is 32.2 Å². The van der Waals surface area contributed by atoms with Crippen molar-refractivity contribution >= 4 is 50.7 Å². The van der Waals surface area contributed by atoms with Crippen LogP contribution in [0.3, 0.4) is 0 Å². The lowest BCUT2D eigenvalue weighted by atomic mass is 9.98. The molecule has 1 fully saturated rings. The highest BCUT2D eigenvalue weighted by atomic mass is 19.4. The van der Waals surface area contributed by atoms with Crippen LogP contribution < -0.4 is 35.6 Å². The number of hydrogen-bond acceptors (Lipinski definition) is 7. The molecule has 4 amide bonds. The van der Waals surface area contributed by atoms with Gasteiger partial charge in [0, 0.05) is 83.4 Å². The first kappa shape index (κ1) is 38.3. The molecular formula is C44H42F3N7O4. The van der Waals surface area contributed by atoms with Gasteiger partial charge in [0.15, 0.2) is 0 Å². The van der Waals surface area contributed by atoms with Crippen LogP contribution >= 0.6 is 0 Å². The van der Waals surface area contributed by atoms with Crippen LogP contribution in [0.2, 0.25) is 0 Å². The van der Waals surface area contributed by atoms with Gasteiger partial charge in [-0.1, -0.05) is 42.5 Å². The van der Waals surface area contributed by atoms with Gasteiger partial charge in [0.05, 0.1) is 47.9 Å². The number of nitrogens with one attached hydrogen (secondary N) is 4. The summed E-state index contributed by atoms with van der Waals surface area (Å²) in [4.78, 5) is 36.0. The van der Waals surface area contributed by atoms with Crippen LogP contribution in [0.25, 0.3) is 21.5 Å². The van der Waals surface area contributed by atoms with E-state index in [-0.39, 0.29) is 24.4 Å². The normalized spacial score (nSPS) is 17.3. The molecule has 58 heavy (non-hydrogen) atoms. The second kappa shape index (κ2) is 16.9. The SMILES string of the molecule is O=C(Nc1cccc2cnccc12)NC1CCOc2c1cccc2N1CCCCC1.O=C(Nc1cccc2cnccc12)NC1CCOc2cc(C(F)(F)F)ccc21. The molecule has 3 aliphatic rings. The monoisotopic (exact) mass is 789 g/mol. The minimum atomic E-state index is -4.45. The van der Waals surface area contributed by atoms with Crippen molar-refractivity contribution in [2.24, 2.45) is 0 Å². The molecule has 14 heteroatoms. The molecule has 0 spiro atoms. The molecule has 0 radical (unpaired) electrons. The molecule has 4 N–H and O–H groups in total. The Balaban J connectivity index is 0.000000162. The van der Waals surface area contributed by atoms with Gasteiger partial charge in [0.1, 0.15) is 11.5 Å². The van der Waals surface area contributed by atoms with E-state index in [1.54, 1.807) is 36.9 Å². The lowest BCUT2D eigenvalue weighted by Gasteiger charge is -2.34. The van der Waals surface area contributed by atoms with Gasteiger partial charge in [-0.3, -0.25) is 9.97 Å². The maximum atomic E-state index is 12.9. The molecule has 0 aliphatic carbocycles. The summed E-state index contributed by atoms with van der Waals surface area (Å²) in [5.41, 5.74) is 3.36. The van der Waals surface area contributed by atoms with E-state index in [2.05, 4.69) is 54.3 Å².